The lowest BCUT2D eigenvalue weighted by Crippen LogP contribution is -2.48. The van der Waals surface area contributed by atoms with Crippen molar-refractivity contribution >= 4 is 39.7 Å². The van der Waals surface area contributed by atoms with Gasteiger partial charge < -0.3 is 34.6 Å². The summed E-state index contributed by atoms with van der Waals surface area (Å²) in [7, 11) is 1.31. The summed E-state index contributed by atoms with van der Waals surface area (Å²) >= 11 is 0. The molecular weight excluding hydrogens is 695 g/mol. The fourth-order valence-corrected chi connectivity index (χ4v) is 8.47. The first-order chi connectivity index (χ1) is 26.7. The van der Waals surface area contributed by atoms with Crippen LogP contribution in [-0.4, -0.2) is 80.5 Å². The zero-order chi connectivity index (χ0) is 38.2. The van der Waals surface area contributed by atoms with Crippen LogP contribution < -0.4 is 5.32 Å². The van der Waals surface area contributed by atoms with Gasteiger partial charge in [0.2, 0.25) is 11.8 Å². The summed E-state index contributed by atoms with van der Waals surface area (Å²) in [5.41, 5.74) is 6.76. The first-order valence-electron chi connectivity index (χ1n) is 19.8. The number of hydrogen-bond acceptors (Lipinski definition) is 7. The lowest BCUT2D eigenvalue weighted by molar-refractivity contribution is -0.137. The van der Waals surface area contributed by atoms with E-state index < -0.39 is 12.1 Å². The number of aromatic nitrogens is 4. The van der Waals surface area contributed by atoms with E-state index in [0.717, 1.165) is 107 Å². The lowest BCUT2D eigenvalue weighted by Gasteiger charge is -2.28. The molecule has 288 valence electrons. The number of alkyl carbamates (subject to hydrolysis) is 1. The Bertz CT molecular complexity index is 2210. The first-order valence-corrected chi connectivity index (χ1v) is 19.8. The number of nitrogens with zero attached hydrogens (tertiary/aromatic N) is 4. The molecule has 0 spiro atoms. The molecule has 3 N–H and O–H groups in total. The maximum atomic E-state index is 13.8. The van der Waals surface area contributed by atoms with Crippen molar-refractivity contribution in [2.45, 2.75) is 90.4 Å². The Labute approximate surface area is 321 Å². The number of ether oxygens (including phenoxy) is 2. The van der Waals surface area contributed by atoms with Crippen LogP contribution in [0.25, 0.3) is 44.2 Å². The van der Waals surface area contributed by atoms with E-state index in [1.54, 1.807) is 0 Å². The molecule has 55 heavy (non-hydrogen) atoms. The van der Waals surface area contributed by atoms with E-state index >= 15 is 0 Å². The molecule has 0 aliphatic carbocycles. The quantitative estimate of drug-likeness (QED) is 0.161. The molecule has 8 rings (SSSR count). The van der Waals surface area contributed by atoms with Crippen LogP contribution in [0.5, 0.6) is 0 Å². The molecule has 2 saturated heterocycles. The number of nitrogens with one attached hydrogen (secondary N) is 3. The standard InChI is InChI=1S/C43H51N7O5/c1-25(2)26(3)41(51)49-20-7-10-35(49)39-44-32-19-17-30-23-29(16-18-31(30)38(32)48-39)27-12-14-28(15-13-27)37-34-24-55-22-6-5-9-33(46-43(53)54-4)42(52)50-21-8-11-36(50)40(45-34)47-37/h12-19,23,25-26,33,35-36H,5-11,20-22,24H2,1-4H3,(H,44,48)(H,45,47)(H,46,53)/t26-,33-,35-,36-/m0/s1. The first kappa shape index (κ1) is 36.7. The second-order valence-corrected chi connectivity index (χ2v) is 15.7. The number of amides is 3. The number of benzene rings is 3. The highest BCUT2D eigenvalue weighted by atomic mass is 16.5. The Hall–Kier alpha value is -5.23. The molecule has 2 fully saturated rings. The van der Waals surface area contributed by atoms with Gasteiger partial charge in [-0.05, 0) is 79.5 Å². The molecule has 3 amide bonds. The van der Waals surface area contributed by atoms with E-state index in [-0.39, 0.29) is 29.8 Å². The van der Waals surface area contributed by atoms with Gasteiger partial charge in [-0.2, -0.15) is 0 Å². The summed E-state index contributed by atoms with van der Waals surface area (Å²) in [6.07, 6.45) is 4.95. The maximum Gasteiger partial charge on any atom is 0.407 e. The molecule has 12 nitrogen and oxygen atoms in total. The van der Waals surface area contributed by atoms with Gasteiger partial charge >= 0.3 is 6.09 Å². The average molecular weight is 746 g/mol. The molecule has 4 atom stereocenters. The van der Waals surface area contributed by atoms with Crippen molar-refractivity contribution in [1.29, 1.82) is 0 Å². The third-order valence-electron chi connectivity index (χ3n) is 11.9. The third kappa shape index (κ3) is 7.19. The van der Waals surface area contributed by atoms with Crippen molar-refractivity contribution in [1.82, 2.24) is 35.1 Å². The summed E-state index contributed by atoms with van der Waals surface area (Å²) < 4.78 is 10.9. The van der Waals surface area contributed by atoms with E-state index in [2.05, 4.69) is 83.7 Å². The summed E-state index contributed by atoms with van der Waals surface area (Å²) in [5, 5.41) is 4.93. The second kappa shape index (κ2) is 15.5. The summed E-state index contributed by atoms with van der Waals surface area (Å²) in [6.45, 7) is 8.54. The van der Waals surface area contributed by atoms with Crippen LogP contribution in [0.1, 0.15) is 95.1 Å². The van der Waals surface area contributed by atoms with Crippen LogP contribution in [0.3, 0.4) is 0 Å². The smallest absolute Gasteiger partial charge is 0.407 e. The Balaban J connectivity index is 1.04. The molecular formula is C43H51N7O5. The fourth-order valence-electron chi connectivity index (χ4n) is 8.47. The van der Waals surface area contributed by atoms with Crippen LogP contribution in [0.15, 0.2) is 54.6 Å². The molecule has 3 aromatic carbocycles. The minimum atomic E-state index is -0.661. The van der Waals surface area contributed by atoms with Gasteiger partial charge in [0.25, 0.3) is 0 Å². The highest BCUT2D eigenvalue weighted by Gasteiger charge is 2.37. The predicted octanol–water partition coefficient (Wildman–Crippen LogP) is 7.82. The Morgan fingerprint density at radius 1 is 0.855 bits per heavy atom. The number of methoxy groups -OCH3 is 1. The Kier molecular flexibility index (Phi) is 10.3. The monoisotopic (exact) mass is 745 g/mol. The van der Waals surface area contributed by atoms with Crippen LogP contribution >= 0.6 is 0 Å². The van der Waals surface area contributed by atoms with Crippen LogP contribution in [0.2, 0.25) is 0 Å². The fraction of sp³-hybridized carbons (Fsp3) is 0.465. The molecule has 5 aromatic rings. The van der Waals surface area contributed by atoms with E-state index in [1.807, 2.05) is 16.7 Å². The number of imidazole rings is 2. The molecule has 12 heteroatoms. The van der Waals surface area contributed by atoms with Gasteiger partial charge in [-0.25, -0.2) is 14.8 Å². The van der Waals surface area contributed by atoms with Gasteiger partial charge in [0.05, 0.1) is 48.2 Å². The Morgan fingerprint density at radius 2 is 1.60 bits per heavy atom. The lowest BCUT2D eigenvalue weighted by atomic mass is 9.96. The number of aromatic amines is 2. The van der Waals surface area contributed by atoms with Gasteiger partial charge in [0.15, 0.2) is 0 Å². The number of likely N-dealkylation sites (tertiary alicyclic amines) is 1. The van der Waals surface area contributed by atoms with Crippen molar-refractivity contribution in [3.05, 3.63) is 71.9 Å². The number of carbonyl (C=O) groups excluding carboxylic acids is 3. The third-order valence-corrected chi connectivity index (χ3v) is 11.9. The highest BCUT2D eigenvalue weighted by molar-refractivity contribution is 6.05. The molecule has 3 aliphatic rings. The van der Waals surface area contributed by atoms with E-state index in [1.165, 1.54) is 7.11 Å². The summed E-state index contributed by atoms with van der Waals surface area (Å²) in [5.74, 6) is 1.98. The van der Waals surface area contributed by atoms with Crippen molar-refractivity contribution in [3.8, 4) is 22.4 Å². The molecule has 5 heterocycles. The molecule has 0 radical (unpaired) electrons. The molecule has 0 unspecified atom stereocenters. The molecule has 0 saturated carbocycles. The van der Waals surface area contributed by atoms with Crippen molar-refractivity contribution in [3.63, 3.8) is 0 Å². The number of hydrogen-bond donors (Lipinski definition) is 3. The summed E-state index contributed by atoms with van der Waals surface area (Å²) in [6, 6.07) is 18.3. The van der Waals surface area contributed by atoms with Crippen molar-refractivity contribution in [2.75, 3.05) is 26.8 Å². The molecule has 2 aromatic heterocycles. The van der Waals surface area contributed by atoms with Crippen LogP contribution in [0.4, 0.5) is 4.79 Å². The predicted molar refractivity (Wildman–Crippen MR) is 211 cm³/mol. The minimum absolute atomic E-state index is 0.0211. The second-order valence-electron chi connectivity index (χ2n) is 15.7. The van der Waals surface area contributed by atoms with Gasteiger partial charge in [-0.3, -0.25) is 9.59 Å². The van der Waals surface area contributed by atoms with E-state index in [9.17, 15) is 14.4 Å². The molecule has 2 bridgehead atoms. The zero-order valence-corrected chi connectivity index (χ0v) is 32.2. The number of carbonyl (C=O) groups is 3. The number of H-pyrrole nitrogens is 2. The van der Waals surface area contributed by atoms with E-state index in [0.29, 0.717) is 32.1 Å². The van der Waals surface area contributed by atoms with Crippen LogP contribution in [-0.2, 0) is 25.7 Å². The van der Waals surface area contributed by atoms with Crippen LogP contribution in [0, 0.1) is 11.8 Å². The largest absolute Gasteiger partial charge is 0.453 e. The van der Waals surface area contributed by atoms with Crippen molar-refractivity contribution < 1.29 is 23.9 Å². The highest BCUT2D eigenvalue weighted by Crippen LogP contribution is 2.37. The number of fused-ring (bicyclic) bond motifs is 7. The average Bonchev–Trinajstić information content (AvgIpc) is 4.03. The van der Waals surface area contributed by atoms with E-state index in [4.69, 9.17) is 19.4 Å². The van der Waals surface area contributed by atoms with Crippen molar-refractivity contribution in [2.24, 2.45) is 11.8 Å². The SMILES string of the molecule is COC(=O)N[C@H]1CCCCOCc2[nH]c(nc2-c2ccc(-c3ccc4c(ccc5[nH]c([C@@H]6CCCN6C(=O)[C@@H](C)C(C)C)nc54)c3)cc2)[C@@H]2CCCN2C1=O. The van der Waals surface area contributed by atoms with Gasteiger partial charge in [0.1, 0.15) is 17.7 Å². The maximum absolute atomic E-state index is 13.8. The topological polar surface area (TPSA) is 146 Å². The molecule has 3 aliphatic heterocycles. The number of rotatable bonds is 6. The van der Waals surface area contributed by atoms with Gasteiger partial charge in [-0.1, -0.05) is 63.2 Å². The Morgan fingerprint density at radius 3 is 2.40 bits per heavy atom. The van der Waals surface area contributed by atoms with Gasteiger partial charge in [-0.15, -0.1) is 0 Å². The minimum Gasteiger partial charge on any atom is -0.453 e. The normalized spacial score (nSPS) is 21.3. The van der Waals surface area contributed by atoms with Gasteiger partial charge in [0, 0.05) is 36.6 Å². The summed E-state index contributed by atoms with van der Waals surface area (Å²) in [4.78, 5) is 60.4. The zero-order valence-electron chi connectivity index (χ0n) is 32.2.